The summed E-state index contributed by atoms with van der Waals surface area (Å²) in [6.45, 7) is 0. The average molecular weight is 338 g/mol. The maximum absolute atomic E-state index is 11.8. The fourth-order valence-electron chi connectivity index (χ4n) is 1.35. The van der Waals surface area contributed by atoms with Crippen LogP contribution < -0.4 is 10.9 Å². The van der Waals surface area contributed by atoms with Crippen LogP contribution in [0, 0.1) is 3.57 Å². The molecule has 0 saturated carbocycles. The Bertz CT molecular complexity index is 514. The molecule has 0 aliphatic heterocycles. The Hall–Kier alpha value is -1.56. The van der Waals surface area contributed by atoms with Crippen molar-refractivity contribution >= 4 is 34.2 Å². The van der Waals surface area contributed by atoms with Crippen LogP contribution in [-0.4, -0.2) is 5.91 Å². The number of hydrogen-bond donors (Lipinski definition) is 2. The van der Waals surface area contributed by atoms with E-state index in [1.54, 1.807) is 6.07 Å². The van der Waals surface area contributed by atoms with E-state index in [0.29, 0.717) is 5.56 Å². The van der Waals surface area contributed by atoms with E-state index in [-0.39, 0.29) is 5.91 Å². The van der Waals surface area contributed by atoms with Crippen molar-refractivity contribution in [2.75, 3.05) is 5.43 Å². The van der Waals surface area contributed by atoms with E-state index in [9.17, 15) is 4.79 Å². The number of carbonyl (C=O) groups excluding carboxylic acids is 1. The lowest BCUT2D eigenvalue weighted by Gasteiger charge is -2.08. The Balaban J connectivity index is 1.98. The van der Waals surface area contributed by atoms with Gasteiger partial charge in [0, 0.05) is 9.13 Å². The minimum absolute atomic E-state index is 0.146. The van der Waals surface area contributed by atoms with Gasteiger partial charge in [0.1, 0.15) is 0 Å². The van der Waals surface area contributed by atoms with E-state index >= 15 is 0 Å². The largest absolute Gasteiger partial charge is 0.298 e. The van der Waals surface area contributed by atoms with Gasteiger partial charge < -0.3 is 0 Å². The molecule has 0 aliphatic rings. The quantitative estimate of drug-likeness (QED) is 0.667. The highest BCUT2D eigenvalue weighted by Crippen LogP contribution is 2.08. The molecule has 2 rings (SSSR count). The highest BCUT2D eigenvalue weighted by molar-refractivity contribution is 14.1. The first-order chi connectivity index (χ1) is 8.25. The van der Waals surface area contributed by atoms with Crippen LogP contribution in [0.25, 0.3) is 0 Å². The second-order valence-corrected chi connectivity index (χ2v) is 4.70. The van der Waals surface area contributed by atoms with Crippen molar-refractivity contribution in [1.82, 2.24) is 5.43 Å². The van der Waals surface area contributed by atoms with Crippen LogP contribution in [0.3, 0.4) is 0 Å². The number of halogens is 1. The number of anilines is 1. The molecule has 2 N–H and O–H groups in total. The van der Waals surface area contributed by atoms with Crippen molar-refractivity contribution in [3.63, 3.8) is 0 Å². The lowest BCUT2D eigenvalue weighted by molar-refractivity contribution is 0.0962. The summed E-state index contributed by atoms with van der Waals surface area (Å²) in [6, 6.07) is 16.9. The highest BCUT2D eigenvalue weighted by Gasteiger charge is 2.04. The van der Waals surface area contributed by atoms with E-state index in [0.717, 1.165) is 9.26 Å². The molecule has 0 atom stereocenters. The first kappa shape index (κ1) is 11.9. The molecule has 2 aromatic carbocycles. The maximum atomic E-state index is 11.8. The molecule has 2 aromatic rings. The smallest absolute Gasteiger partial charge is 0.269 e. The molecule has 1 amide bonds. The summed E-state index contributed by atoms with van der Waals surface area (Å²) in [4.78, 5) is 11.8. The summed E-state index contributed by atoms with van der Waals surface area (Å²) in [5.74, 6) is -0.146. The maximum Gasteiger partial charge on any atom is 0.269 e. The number of carbonyl (C=O) groups is 1. The highest BCUT2D eigenvalue weighted by atomic mass is 127. The third kappa shape index (κ3) is 3.45. The van der Waals surface area contributed by atoms with Gasteiger partial charge in [-0.2, -0.15) is 0 Å². The number of hydrogen-bond acceptors (Lipinski definition) is 2. The zero-order valence-corrected chi connectivity index (χ0v) is 11.1. The van der Waals surface area contributed by atoms with Crippen LogP contribution in [-0.2, 0) is 0 Å². The van der Waals surface area contributed by atoms with Crippen molar-refractivity contribution in [2.24, 2.45) is 0 Å². The molecule has 0 aliphatic carbocycles. The van der Waals surface area contributed by atoms with Crippen LogP contribution in [0.2, 0.25) is 0 Å². The van der Waals surface area contributed by atoms with Gasteiger partial charge in [-0.25, -0.2) is 0 Å². The van der Waals surface area contributed by atoms with Crippen LogP contribution in [0.5, 0.6) is 0 Å². The summed E-state index contributed by atoms with van der Waals surface area (Å²) in [5.41, 5.74) is 7.00. The second kappa shape index (κ2) is 5.67. The van der Waals surface area contributed by atoms with E-state index in [4.69, 9.17) is 0 Å². The number of amides is 1. The fraction of sp³-hybridized carbons (Fsp3) is 0. The van der Waals surface area contributed by atoms with Crippen molar-refractivity contribution in [3.8, 4) is 0 Å². The van der Waals surface area contributed by atoms with Gasteiger partial charge >= 0.3 is 0 Å². The second-order valence-electron chi connectivity index (χ2n) is 3.46. The number of para-hydroxylation sites is 1. The first-order valence-electron chi connectivity index (χ1n) is 5.13. The number of rotatable bonds is 3. The summed E-state index contributed by atoms with van der Waals surface area (Å²) in [7, 11) is 0. The summed E-state index contributed by atoms with van der Waals surface area (Å²) in [5, 5.41) is 0. The predicted octanol–water partition coefficient (Wildman–Crippen LogP) is 3.05. The molecule has 17 heavy (non-hydrogen) atoms. The summed E-state index contributed by atoms with van der Waals surface area (Å²) < 4.78 is 1.04. The molecule has 0 bridgehead atoms. The van der Waals surface area contributed by atoms with Gasteiger partial charge in [-0.05, 0) is 52.9 Å². The van der Waals surface area contributed by atoms with Gasteiger partial charge in [0.2, 0.25) is 0 Å². The predicted molar refractivity (Wildman–Crippen MR) is 76.7 cm³/mol. The molecule has 0 unspecified atom stereocenters. The van der Waals surface area contributed by atoms with E-state index in [1.165, 1.54) is 0 Å². The molecule has 0 fully saturated rings. The van der Waals surface area contributed by atoms with Crippen molar-refractivity contribution in [1.29, 1.82) is 0 Å². The minimum Gasteiger partial charge on any atom is -0.298 e. The molecule has 0 saturated heterocycles. The van der Waals surface area contributed by atoms with E-state index < -0.39 is 0 Å². The lowest BCUT2D eigenvalue weighted by Crippen LogP contribution is -2.29. The van der Waals surface area contributed by atoms with Crippen LogP contribution in [0.15, 0.2) is 54.6 Å². The Morgan fingerprint density at radius 3 is 2.47 bits per heavy atom. The summed E-state index contributed by atoms with van der Waals surface area (Å²) in [6.07, 6.45) is 0. The Labute approximate surface area is 113 Å². The Morgan fingerprint density at radius 1 is 1.00 bits per heavy atom. The molecule has 0 spiro atoms. The number of nitrogens with one attached hydrogen (secondary N) is 2. The molecule has 3 nitrogen and oxygen atoms in total. The zero-order valence-electron chi connectivity index (χ0n) is 8.98. The van der Waals surface area contributed by atoms with Gasteiger partial charge in [0.05, 0.1) is 5.69 Å². The van der Waals surface area contributed by atoms with Crippen molar-refractivity contribution in [3.05, 3.63) is 63.7 Å². The molecule has 0 heterocycles. The molecule has 4 heteroatoms. The van der Waals surface area contributed by atoms with Gasteiger partial charge in [0.15, 0.2) is 0 Å². The average Bonchev–Trinajstić information content (AvgIpc) is 2.37. The van der Waals surface area contributed by atoms with Crippen LogP contribution in [0.1, 0.15) is 10.4 Å². The fourth-order valence-corrected chi connectivity index (χ4v) is 1.90. The van der Waals surface area contributed by atoms with Crippen LogP contribution in [0.4, 0.5) is 5.69 Å². The third-order valence-electron chi connectivity index (χ3n) is 2.18. The topological polar surface area (TPSA) is 41.1 Å². The Morgan fingerprint density at radius 2 is 1.76 bits per heavy atom. The molecular weight excluding hydrogens is 327 g/mol. The SMILES string of the molecule is O=C(NNc1ccccc1)c1cccc(I)c1. The van der Waals surface area contributed by atoms with Gasteiger partial charge in [0.25, 0.3) is 5.91 Å². The molecular formula is C13H11IN2O. The van der Waals surface area contributed by atoms with Crippen molar-refractivity contribution < 1.29 is 4.79 Å². The van der Waals surface area contributed by atoms with Crippen LogP contribution >= 0.6 is 22.6 Å². The lowest BCUT2D eigenvalue weighted by atomic mass is 10.2. The normalized spacial score (nSPS) is 9.71. The molecule has 0 radical (unpaired) electrons. The van der Waals surface area contributed by atoms with E-state index in [1.807, 2.05) is 48.5 Å². The standard InChI is InChI=1S/C13H11IN2O/c14-11-6-4-5-10(9-11)13(17)16-15-12-7-2-1-3-8-12/h1-9,15H,(H,16,17). The zero-order chi connectivity index (χ0) is 12.1. The third-order valence-corrected chi connectivity index (χ3v) is 2.85. The summed E-state index contributed by atoms with van der Waals surface area (Å²) >= 11 is 2.18. The van der Waals surface area contributed by atoms with Crippen molar-refractivity contribution in [2.45, 2.75) is 0 Å². The molecule has 0 aromatic heterocycles. The Kier molecular flexibility index (Phi) is 3.98. The minimum atomic E-state index is -0.146. The van der Waals surface area contributed by atoms with Gasteiger partial charge in [-0.1, -0.05) is 24.3 Å². The monoisotopic (exact) mass is 338 g/mol. The number of benzene rings is 2. The first-order valence-corrected chi connectivity index (χ1v) is 6.20. The molecule has 86 valence electrons. The number of hydrazine groups is 1. The van der Waals surface area contributed by atoms with Gasteiger partial charge in [-0.15, -0.1) is 0 Å². The van der Waals surface area contributed by atoms with E-state index in [2.05, 4.69) is 33.4 Å². The van der Waals surface area contributed by atoms with Gasteiger partial charge in [-0.3, -0.25) is 15.6 Å².